The van der Waals surface area contributed by atoms with Gasteiger partial charge in [-0.2, -0.15) is 0 Å². The van der Waals surface area contributed by atoms with Crippen LogP contribution in [0.3, 0.4) is 0 Å². The third-order valence-electron chi connectivity index (χ3n) is 1.56. The number of hydrogen-bond acceptors (Lipinski definition) is 2. The van der Waals surface area contributed by atoms with Crippen LogP contribution in [0, 0.1) is 11.8 Å². The molecule has 1 rings (SSSR count). The molecule has 2 nitrogen and oxygen atoms in total. The van der Waals surface area contributed by atoms with E-state index >= 15 is 0 Å². The van der Waals surface area contributed by atoms with Crippen LogP contribution in [0.15, 0.2) is 0 Å². The second kappa shape index (κ2) is 2.46. The van der Waals surface area contributed by atoms with Gasteiger partial charge in [-0.15, -0.1) is 0 Å². The van der Waals surface area contributed by atoms with Gasteiger partial charge in [0, 0.05) is 5.92 Å². The molecule has 8 heavy (non-hydrogen) atoms. The lowest BCUT2D eigenvalue weighted by Gasteiger charge is -2.05. The highest BCUT2D eigenvalue weighted by Gasteiger charge is 2.30. The van der Waals surface area contributed by atoms with E-state index in [1.54, 1.807) is 0 Å². The molecule has 2 N–H and O–H groups in total. The maximum atomic E-state index is 8.54. The Kier molecular flexibility index (Phi) is 1.86. The van der Waals surface area contributed by atoms with Gasteiger partial charge in [0.05, 0.1) is 13.2 Å². The average Bonchev–Trinajstić information content (AvgIpc) is 2.53. The largest absolute Gasteiger partial charge is 0.396 e. The highest BCUT2D eigenvalue weighted by Crippen LogP contribution is 2.37. The molecule has 2 heteroatoms. The van der Waals surface area contributed by atoms with E-state index in [0.29, 0.717) is 5.92 Å². The van der Waals surface area contributed by atoms with Crippen LogP contribution >= 0.6 is 0 Å². The number of aliphatic hydroxyl groups excluding tert-OH is 2. The molecule has 0 saturated heterocycles. The van der Waals surface area contributed by atoms with Gasteiger partial charge in [-0.3, -0.25) is 0 Å². The molecule has 1 aliphatic carbocycles. The van der Waals surface area contributed by atoms with Gasteiger partial charge in [0.2, 0.25) is 0 Å². The molecule has 0 spiro atoms. The Morgan fingerprint density at radius 2 is 1.75 bits per heavy atom. The predicted molar refractivity (Wildman–Crippen MR) is 30.1 cm³/mol. The standard InChI is InChI=1S/C6H11O2/c7-3-6(4-8)5-1-2-5/h5,7-8H,1-4H2. The normalized spacial score (nSPS) is 19.9. The predicted octanol–water partition coefficient (Wildman–Crippen LogP) is -0.0445. The molecular formula is C6H11O2. The fourth-order valence-electron chi connectivity index (χ4n) is 0.800. The average molecular weight is 115 g/mol. The van der Waals surface area contributed by atoms with Gasteiger partial charge in [-0.25, -0.2) is 0 Å². The van der Waals surface area contributed by atoms with Crippen molar-refractivity contribution < 1.29 is 10.2 Å². The van der Waals surface area contributed by atoms with Crippen molar-refractivity contribution in [2.24, 2.45) is 5.92 Å². The van der Waals surface area contributed by atoms with Gasteiger partial charge in [0.15, 0.2) is 0 Å². The van der Waals surface area contributed by atoms with Gasteiger partial charge in [-0.1, -0.05) is 0 Å². The van der Waals surface area contributed by atoms with Gasteiger partial charge >= 0.3 is 0 Å². The molecule has 0 atom stereocenters. The topological polar surface area (TPSA) is 40.5 Å². The molecule has 1 fully saturated rings. The summed E-state index contributed by atoms with van der Waals surface area (Å²) in [7, 11) is 0. The Morgan fingerprint density at radius 1 is 1.25 bits per heavy atom. The fraction of sp³-hybridized carbons (Fsp3) is 0.833. The molecule has 47 valence electrons. The van der Waals surface area contributed by atoms with E-state index in [2.05, 4.69) is 0 Å². The van der Waals surface area contributed by atoms with Crippen LogP contribution in [0.2, 0.25) is 0 Å². The summed E-state index contributed by atoms with van der Waals surface area (Å²) in [6, 6.07) is 0. The molecule has 0 unspecified atom stereocenters. The molecule has 1 saturated carbocycles. The molecule has 0 aromatic rings. The lowest BCUT2D eigenvalue weighted by Crippen LogP contribution is -2.09. The van der Waals surface area contributed by atoms with Crippen molar-refractivity contribution in [3.8, 4) is 0 Å². The van der Waals surface area contributed by atoms with Gasteiger partial charge < -0.3 is 10.2 Å². The first-order chi connectivity index (χ1) is 3.88. The van der Waals surface area contributed by atoms with E-state index in [-0.39, 0.29) is 13.2 Å². The van der Waals surface area contributed by atoms with E-state index in [0.717, 1.165) is 18.8 Å². The van der Waals surface area contributed by atoms with Gasteiger partial charge in [-0.05, 0) is 18.8 Å². The Balaban J connectivity index is 2.15. The van der Waals surface area contributed by atoms with Crippen LogP contribution in [0.4, 0.5) is 0 Å². The second-order valence-corrected chi connectivity index (χ2v) is 2.25. The monoisotopic (exact) mass is 115 g/mol. The van der Waals surface area contributed by atoms with Crippen molar-refractivity contribution in [1.29, 1.82) is 0 Å². The molecule has 0 amide bonds. The molecule has 1 radical (unpaired) electrons. The summed E-state index contributed by atoms with van der Waals surface area (Å²) in [5.74, 6) is 1.45. The molecule has 0 heterocycles. The Labute approximate surface area is 49.1 Å². The van der Waals surface area contributed by atoms with Crippen molar-refractivity contribution in [1.82, 2.24) is 0 Å². The summed E-state index contributed by atoms with van der Waals surface area (Å²) in [5, 5.41) is 17.1. The number of aliphatic hydroxyl groups is 2. The Bertz CT molecular complexity index is 64.9. The molecule has 0 aliphatic heterocycles. The maximum Gasteiger partial charge on any atom is 0.0519 e. The first kappa shape index (κ1) is 6.05. The number of rotatable bonds is 3. The summed E-state index contributed by atoms with van der Waals surface area (Å²) < 4.78 is 0. The zero-order valence-electron chi connectivity index (χ0n) is 4.80. The van der Waals surface area contributed by atoms with Crippen molar-refractivity contribution in [3.05, 3.63) is 5.92 Å². The summed E-state index contributed by atoms with van der Waals surface area (Å²) in [4.78, 5) is 0. The second-order valence-electron chi connectivity index (χ2n) is 2.25. The molecular weight excluding hydrogens is 104 g/mol. The van der Waals surface area contributed by atoms with Crippen LogP contribution < -0.4 is 0 Å². The van der Waals surface area contributed by atoms with Crippen LogP contribution in [0.25, 0.3) is 0 Å². The molecule has 0 aromatic carbocycles. The molecule has 0 aromatic heterocycles. The minimum atomic E-state index is 0.0706. The van der Waals surface area contributed by atoms with E-state index in [9.17, 15) is 0 Å². The maximum absolute atomic E-state index is 8.54. The summed E-state index contributed by atoms with van der Waals surface area (Å²) in [6.45, 7) is 0.141. The van der Waals surface area contributed by atoms with Crippen LogP contribution in [0.5, 0.6) is 0 Å². The lowest BCUT2D eigenvalue weighted by molar-refractivity contribution is 0.231. The highest BCUT2D eigenvalue weighted by atomic mass is 16.3. The van der Waals surface area contributed by atoms with E-state index in [4.69, 9.17) is 10.2 Å². The van der Waals surface area contributed by atoms with E-state index in [1.807, 2.05) is 0 Å². The molecule has 1 aliphatic rings. The minimum absolute atomic E-state index is 0.0706. The first-order valence-electron chi connectivity index (χ1n) is 2.94. The van der Waals surface area contributed by atoms with Crippen LogP contribution in [0.1, 0.15) is 12.8 Å². The zero-order chi connectivity index (χ0) is 5.98. The third kappa shape index (κ3) is 1.20. The Hall–Kier alpha value is -0.0800. The minimum Gasteiger partial charge on any atom is -0.396 e. The zero-order valence-corrected chi connectivity index (χ0v) is 4.80. The first-order valence-corrected chi connectivity index (χ1v) is 2.94. The summed E-state index contributed by atoms with van der Waals surface area (Å²) in [5.41, 5.74) is 0. The third-order valence-corrected chi connectivity index (χ3v) is 1.56. The molecule has 0 bridgehead atoms. The van der Waals surface area contributed by atoms with Crippen molar-refractivity contribution in [2.45, 2.75) is 12.8 Å². The van der Waals surface area contributed by atoms with Crippen molar-refractivity contribution in [2.75, 3.05) is 13.2 Å². The quantitative estimate of drug-likeness (QED) is 0.541. The summed E-state index contributed by atoms with van der Waals surface area (Å²) >= 11 is 0. The van der Waals surface area contributed by atoms with Crippen LogP contribution in [-0.4, -0.2) is 23.4 Å². The smallest absolute Gasteiger partial charge is 0.0519 e. The fourth-order valence-corrected chi connectivity index (χ4v) is 0.800. The van der Waals surface area contributed by atoms with Crippen molar-refractivity contribution in [3.63, 3.8) is 0 Å². The van der Waals surface area contributed by atoms with E-state index < -0.39 is 0 Å². The van der Waals surface area contributed by atoms with E-state index in [1.165, 1.54) is 0 Å². The van der Waals surface area contributed by atoms with Gasteiger partial charge in [0.25, 0.3) is 0 Å². The lowest BCUT2D eigenvalue weighted by atomic mass is 10.1. The van der Waals surface area contributed by atoms with Crippen LogP contribution in [-0.2, 0) is 0 Å². The Morgan fingerprint density at radius 3 is 1.88 bits per heavy atom. The van der Waals surface area contributed by atoms with Gasteiger partial charge in [0.1, 0.15) is 0 Å². The number of hydrogen-bond donors (Lipinski definition) is 2. The summed E-state index contributed by atoms with van der Waals surface area (Å²) in [6.07, 6.45) is 2.33. The highest BCUT2D eigenvalue weighted by molar-refractivity contribution is 5.02. The van der Waals surface area contributed by atoms with Crippen molar-refractivity contribution >= 4 is 0 Å². The SMILES string of the molecule is OC[C](CO)C1CC1.